The van der Waals surface area contributed by atoms with Gasteiger partial charge >= 0.3 is 6.03 Å². The van der Waals surface area contributed by atoms with E-state index in [0.29, 0.717) is 38.4 Å². The summed E-state index contributed by atoms with van der Waals surface area (Å²) in [6, 6.07) is 4.59. The van der Waals surface area contributed by atoms with Crippen LogP contribution in [0.15, 0.2) is 34.4 Å². The molecule has 1 aromatic carbocycles. The summed E-state index contributed by atoms with van der Waals surface area (Å²) in [6.45, 7) is 4.20. The minimum atomic E-state index is -0.730. The van der Waals surface area contributed by atoms with Gasteiger partial charge in [-0.05, 0) is 30.2 Å². The molecule has 0 aliphatic carbocycles. The number of aryl methyl sites for hydroxylation is 1. The highest BCUT2D eigenvalue weighted by atomic mass is 79.9. The summed E-state index contributed by atoms with van der Waals surface area (Å²) in [4.78, 5) is 40.2. The summed E-state index contributed by atoms with van der Waals surface area (Å²) in [7, 11) is 0. The number of ether oxygens (including phenoxy) is 1. The maximum atomic E-state index is 12.9. The van der Waals surface area contributed by atoms with Crippen LogP contribution in [0.4, 0.5) is 10.5 Å². The van der Waals surface area contributed by atoms with E-state index in [9.17, 15) is 14.4 Å². The maximum absolute atomic E-state index is 12.9. The molecule has 0 aromatic heterocycles. The Morgan fingerprint density at radius 3 is 2.64 bits per heavy atom. The number of nitrogens with zero attached hydrogens (tertiary/aromatic N) is 2. The molecule has 0 spiro atoms. The van der Waals surface area contributed by atoms with E-state index < -0.39 is 17.8 Å². The Hall–Kier alpha value is -2.19. The zero-order valence-electron chi connectivity index (χ0n) is 13.8. The normalized spacial score (nSPS) is 20.2. The van der Waals surface area contributed by atoms with Gasteiger partial charge in [0.05, 0.1) is 18.9 Å². The van der Waals surface area contributed by atoms with Crippen molar-refractivity contribution in [1.82, 2.24) is 10.2 Å². The first kappa shape index (κ1) is 17.6. The van der Waals surface area contributed by atoms with E-state index in [0.717, 1.165) is 14.9 Å². The molecule has 1 N–H and O–H groups in total. The minimum Gasteiger partial charge on any atom is -0.378 e. The van der Waals surface area contributed by atoms with Gasteiger partial charge in [-0.1, -0.05) is 22.9 Å². The fourth-order valence-electron chi connectivity index (χ4n) is 2.81. The highest BCUT2D eigenvalue weighted by Crippen LogP contribution is 2.28. The maximum Gasteiger partial charge on any atom is 0.335 e. The van der Waals surface area contributed by atoms with Crippen molar-refractivity contribution in [1.29, 1.82) is 0 Å². The van der Waals surface area contributed by atoms with Crippen LogP contribution in [-0.2, 0) is 20.7 Å². The number of anilines is 1. The number of amides is 4. The third-order valence-corrected chi connectivity index (χ3v) is 4.62. The molecule has 2 fully saturated rings. The molecule has 132 valence electrons. The predicted molar refractivity (Wildman–Crippen MR) is 95.0 cm³/mol. The van der Waals surface area contributed by atoms with Crippen molar-refractivity contribution in [2.24, 2.45) is 0 Å². The Bertz CT molecular complexity index is 756. The molecule has 0 unspecified atom stereocenters. The monoisotopic (exact) mass is 407 g/mol. The second-order valence-corrected chi connectivity index (χ2v) is 6.63. The number of rotatable bonds is 3. The first-order valence-corrected chi connectivity index (χ1v) is 8.82. The predicted octanol–water partition coefficient (Wildman–Crippen LogP) is 1.81. The molecule has 25 heavy (non-hydrogen) atoms. The Balaban J connectivity index is 1.97. The van der Waals surface area contributed by atoms with Crippen LogP contribution < -0.4 is 10.2 Å². The van der Waals surface area contributed by atoms with E-state index in [-0.39, 0.29) is 5.57 Å². The summed E-state index contributed by atoms with van der Waals surface area (Å²) >= 11 is 3.39. The first-order valence-electron chi connectivity index (χ1n) is 8.03. The van der Waals surface area contributed by atoms with Gasteiger partial charge in [-0.3, -0.25) is 14.9 Å². The number of carbonyl (C=O) groups excluding carboxylic acids is 3. The summed E-state index contributed by atoms with van der Waals surface area (Å²) in [6.07, 6.45) is 2.16. The van der Waals surface area contributed by atoms with Crippen molar-refractivity contribution in [3.05, 3.63) is 40.0 Å². The number of benzene rings is 1. The third kappa shape index (κ3) is 3.59. The molecular formula is C17H18BrN3O4. The molecule has 2 aliphatic rings. The zero-order valence-corrected chi connectivity index (χ0v) is 15.3. The van der Waals surface area contributed by atoms with Crippen LogP contribution in [0.5, 0.6) is 0 Å². The number of hydrogen-bond donors (Lipinski definition) is 1. The standard InChI is InChI=1S/C17H18BrN3O4/c1-2-11-9-12(18)3-4-14(11)21-16(23)13(15(22)19-17(21)24)10-20-5-7-25-8-6-20/h3-4,9-10H,2,5-8H2,1H3,(H,19,22,24)/b13-10+. The van der Waals surface area contributed by atoms with Gasteiger partial charge in [-0.15, -0.1) is 0 Å². The van der Waals surface area contributed by atoms with Crippen LogP contribution in [0.3, 0.4) is 0 Å². The van der Waals surface area contributed by atoms with E-state index in [4.69, 9.17) is 4.74 Å². The molecule has 3 rings (SSSR count). The van der Waals surface area contributed by atoms with E-state index in [1.54, 1.807) is 12.1 Å². The molecule has 8 heteroatoms. The van der Waals surface area contributed by atoms with Gasteiger partial charge in [0.15, 0.2) is 0 Å². The number of halogens is 1. The summed E-state index contributed by atoms with van der Waals surface area (Å²) in [5.74, 6) is -1.29. The summed E-state index contributed by atoms with van der Waals surface area (Å²) in [5, 5.41) is 2.25. The van der Waals surface area contributed by atoms with Gasteiger partial charge in [-0.2, -0.15) is 0 Å². The van der Waals surface area contributed by atoms with Crippen molar-refractivity contribution in [3.8, 4) is 0 Å². The van der Waals surface area contributed by atoms with Gasteiger partial charge in [0.1, 0.15) is 5.57 Å². The Kier molecular flexibility index (Phi) is 5.19. The molecule has 2 aliphatic heterocycles. The number of nitrogens with one attached hydrogen (secondary N) is 1. The molecule has 2 saturated heterocycles. The Morgan fingerprint density at radius 2 is 1.96 bits per heavy atom. The molecule has 0 atom stereocenters. The van der Waals surface area contributed by atoms with Crippen LogP contribution in [-0.4, -0.2) is 49.0 Å². The van der Waals surface area contributed by atoms with E-state index in [1.165, 1.54) is 6.20 Å². The molecule has 4 amide bonds. The van der Waals surface area contributed by atoms with Crippen molar-refractivity contribution in [2.75, 3.05) is 31.2 Å². The van der Waals surface area contributed by atoms with Crippen LogP contribution in [0, 0.1) is 0 Å². The number of barbiturate groups is 1. The zero-order chi connectivity index (χ0) is 18.0. The smallest absolute Gasteiger partial charge is 0.335 e. The Labute approximate surface area is 153 Å². The van der Waals surface area contributed by atoms with Crippen molar-refractivity contribution < 1.29 is 19.1 Å². The molecule has 7 nitrogen and oxygen atoms in total. The first-order chi connectivity index (χ1) is 12.0. The average molecular weight is 408 g/mol. The number of urea groups is 1. The minimum absolute atomic E-state index is 0.0496. The molecule has 2 heterocycles. The lowest BCUT2D eigenvalue weighted by Gasteiger charge is -2.30. The fraction of sp³-hybridized carbons (Fsp3) is 0.353. The van der Waals surface area contributed by atoms with Crippen molar-refractivity contribution in [2.45, 2.75) is 13.3 Å². The lowest BCUT2D eigenvalue weighted by molar-refractivity contribution is -0.122. The van der Waals surface area contributed by atoms with E-state index in [1.807, 2.05) is 17.9 Å². The van der Waals surface area contributed by atoms with E-state index in [2.05, 4.69) is 21.2 Å². The molecular weight excluding hydrogens is 390 g/mol. The number of morpholine rings is 1. The third-order valence-electron chi connectivity index (χ3n) is 4.12. The number of carbonyl (C=O) groups is 3. The lowest BCUT2D eigenvalue weighted by atomic mass is 10.1. The van der Waals surface area contributed by atoms with Crippen LogP contribution in [0.1, 0.15) is 12.5 Å². The highest BCUT2D eigenvalue weighted by molar-refractivity contribution is 9.10. The summed E-state index contributed by atoms with van der Waals surface area (Å²) < 4.78 is 6.13. The van der Waals surface area contributed by atoms with E-state index >= 15 is 0 Å². The van der Waals surface area contributed by atoms with Gasteiger partial charge in [-0.25, -0.2) is 9.69 Å². The quantitative estimate of drug-likeness (QED) is 0.610. The SMILES string of the molecule is CCc1cc(Br)ccc1N1C(=O)NC(=O)/C(=C\N2CCOCC2)C1=O. The average Bonchev–Trinajstić information content (AvgIpc) is 2.60. The second-order valence-electron chi connectivity index (χ2n) is 5.72. The van der Waals surface area contributed by atoms with Gasteiger partial charge in [0.25, 0.3) is 11.8 Å². The molecule has 0 radical (unpaired) electrons. The largest absolute Gasteiger partial charge is 0.378 e. The number of imide groups is 2. The highest BCUT2D eigenvalue weighted by Gasteiger charge is 2.38. The van der Waals surface area contributed by atoms with Crippen LogP contribution in [0.2, 0.25) is 0 Å². The fourth-order valence-corrected chi connectivity index (χ4v) is 3.22. The second kappa shape index (κ2) is 7.37. The summed E-state index contributed by atoms with van der Waals surface area (Å²) in [5.41, 5.74) is 1.26. The van der Waals surface area contributed by atoms with Crippen LogP contribution >= 0.6 is 15.9 Å². The lowest BCUT2D eigenvalue weighted by Crippen LogP contribution is -2.55. The topological polar surface area (TPSA) is 79.0 Å². The number of hydrogen-bond acceptors (Lipinski definition) is 5. The van der Waals surface area contributed by atoms with Gasteiger partial charge < -0.3 is 9.64 Å². The molecule has 0 saturated carbocycles. The van der Waals surface area contributed by atoms with Crippen LogP contribution in [0.25, 0.3) is 0 Å². The van der Waals surface area contributed by atoms with Crippen molar-refractivity contribution >= 4 is 39.5 Å². The van der Waals surface area contributed by atoms with Gasteiger partial charge in [0.2, 0.25) is 0 Å². The van der Waals surface area contributed by atoms with Gasteiger partial charge in [0, 0.05) is 23.8 Å². The Morgan fingerprint density at radius 1 is 1.24 bits per heavy atom. The van der Waals surface area contributed by atoms with Crippen molar-refractivity contribution in [3.63, 3.8) is 0 Å². The molecule has 0 bridgehead atoms. The molecule has 1 aromatic rings.